The van der Waals surface area contributed by atoms with Gasteiger partial charge in [0, 0.05) is 0 Å². The number of aryl methyl sites for hydroxylation is 2. The number of fused-ring (bicyclic) bond motifs is 5. The summed E-state index contributed by atoms with van der Waals surface area (Å²) in [7, 11) is 0. The summed E-state index contributed by atoms with van der Waals surface area (Å²) in [5.41, 5.74) is 10.9. The standard InChI is InChI=1S/C17H16/c1-11-4-2-6-13-10-16-14-7-3-5-12(14)8-9-15(16)17(11)13/h2,4,6,8-9H,3,5,7,10H2,1H3. The summed E-state index contributed by atoms with van der Waals surface area (Å²) in [6, 6.07) is 11.5. The molecule has 0 fully saturated rings. The Morgan fingerprint density at radius 2 is 1.82 bits per heavy atom. The monoisotopic (exact) mass is 220 g/mol. The lowest BCUT2D eigenvalue weighted by Crippen LogP contribution is -1.91. The molecule has 4 rings (SSSR count). The van der Waals surface area contributed by atoms with E-state index in [1.165, 1.54) is 41.5 Å². The second-order valence-corrected chi connectivity index (χ2v) is 5.37. The molecule has 0 atom stereocenters. The highest BCUT2D eigenvalue weighted by molar-refractivity contribution is 5.81. The summed E-state index contributed by atoms with van der Waals surface area (Å²) in [4.78, 5) is 0. The van der Waals surface area contributed by atoms with Crippen LogP contribution in [0.3, 0.4) is 0 Å². The average Bonchev–Trinajstić information content (AvgIpc) is 2.91. The molecule has 2 aliphatic rings. The van der Waals surface area contributed by atoms with Crippen LogP contribution in [0.1, 0.15) is 34.2 Å². The van der Waals surface area contributed by atoms with Crippen LogP contribution >= 0.6 is 0 Å². The minimum absolute atomic E-state index is 1.16. The molecule has 0 saturated heterocycles. The van der Waals surface area contributed by atoms with Gasteiger partial charge in [0.2, 0.25) is 0 Å². The van der Waals surface area contributed by atoms with Crippen LogP contribution in [0.15, 0.2) is 30.3 Å². The maximum atomic E-state index is 2.36. The van der Waals surface area contributed by atoms with Crippen molar-refractivity contribution in [1.82, 2.24) is 0 Å². The maximum Gasteiger partial charge on any atom is -0.00105 e. The van der Waals surface area contributed by atoms with Gasteiger partial charge in [0.15, 0.2) is 0 Å². The van der Waals surface area contributed by atoms with Gasteiger partial charge in [0.25, 0.3) is 0 Å². The van der Waals surface area contributed by atoms with Crippen molar-refractivity contribution in [2.24, 2.45) is 0 Å². The summed E-state index contributed by atoms with van der Waals surface area (Å²) in [6.07, 6.45) is 5.10. The minimum Gasteiger partial charge on any atom is -0.0617 e. The Morgan fingerprint density at radius 3 is 2.76 bits per heavy atom. The van der Waals surface area contributed by atoms with Crippen molar-refractivity contribution in [1.29, 1.82) is 0 Å². The molecule has 0 spiro atoms. The highest BCUT2D eigenvalue weighted by Gasteiger charge is 2.25. The Balaban J connectivity index is 2.03. The molecule has 0 saturated carbocycles. The number of hydrogen-bond acceptors (Lipinski definition) is 0. The van der Waals surface area contributed by atoms with Crippen molar-refractivity contribution in [3.05, 3.63) is 58.1 Å². The average molecular weight is 220 g/mol. The first-order valence-electron chi connectivity index (χ1n) is 6.57. The van der Waals surface area contributed by atoms with Crippen LogP contribution < -0.4 is 0 Å². The second-order valence-electron chi connectivity index (χ2n) is 5.37. The van der Waals surface area contributed by atoms with Gasteiger partial charge in [-0.2, -0.15) is 0 Å². The maximum absolute atomic E-state index is 2.36. The van der Waals surface area contributed by atoms with Crippen LogP contribution in [0.25, 0.3) is 11.1 Å². The number of hydrogen-bond donors (Lipinski definition) is 0. The smallest absolute Gasteiger partial charge is 0.00105 e. The lowest BCUT2D eigenvalue weighted by Gasteiger charge is -2.08. The van der Waals surface area contributed by atoms with E-state index in [1.807, 2.05) is 0 Å². The zero-order valence-corrected chi connectivity index (χ0v) is 10.2. The van der Waals surface area contributed by atoms with E-state index >= 15 is 0 Å². The van der Waals surface area contributed by atoms with Gasteiger partial charge < -0.3 is 0 Å². The number of benzene rings is 2. The molecule has 0 aromatic heterocycles. The molecule has 0 radical (unpaired) electrons. The third-order valence-corrected chi connectivity index (χ3v) is 4.40. The summed E-state index contributed by atoms with van der Waals surface area (Å²) in [5.74, 6) is 0. The first-order chi connectivity index (χ1) is 8.34. The van der Waals surface area contributed by atoms with Crippen LogP contribution in [0.2, 0.25) is 0 Å². The van der Waals surface area contributed by atoms with E-state index in [9.17, 15) is 0 Å². The summed E-state index contributed by atoms with van der Waals surface area (Å²) >= 11 is 0. The van der Waals surface area contributed by atoms with Gasteiger partial charge in [0.1, 0.15) is 0 Å². The topological polar surface area (TPSA) is 0 Å². The predicted octanol–water partition coefficient (Wildman–Crippen LogP) is 4.05. The van der Waals surface area contributed by atoms with E-state index in [4.69, 9.17) is 0 Å². The molecule has 2 aromatic rings. The molecule has 84 valence electrons. The third kappa shape index (κ3) is 1.18. The van der Waals surface area contributed by atoms with Gasteiger partial charge in [-0.15, -0.1) is 0 Å². The highest BCUT2D eigenvalue weighted by Crippen LogP contribution is 2.43. The quantitative estimate of drug-likeness (QED) is 0.536. The Labute approximate surface area is 102 Å². The molecule has 0 bridgehead atoms. The Kier molecular flexibility index (Phi) is 1.80. The molecule has 2 aliphatic carbocycles. The first-order valence-corrected chi connectivity index (χ1v) is 6.57. The Bertz CT molecular complexity index is 620. The minimum atomic E-state index is 1.16. The van der Waals surface area contributed by atoms with Crippen molar-refractivity contribution in [2.45, 2.75) is 32.6 Å². The van der Waals surface area contributed by atoms with E-state index in [2.05, 4.69) is 37.3 Å². The van der Waals surface area contributed by atoms with Crippen molar-refractivity contribution < 1.29 is 0 Å². The normalized spacial score (nSPS) is 15.6. The highest BCUT2D eigenvalue weighted by atomic mass is 14.3. The zero-order valence-electron chi connectivity index (χ0n) is 10.2. The van der Waals surface area contributed by atoms with Crippen molar-refractivity contribution in [3.63, 3.8) is 0 Å². The van der Waals surface area contributed by atoms with E-state index < -0.39 is 0 Å². The fourth-order valence-corrected chi connectivity index (χ4v) is 3.63. The van der Waals surface area contributed by atoms with Gasteiger partial charge in [-0.25, -0.2) is 0 Å². The van der Waals surface area contributed by atoms with Crippen LogP contribution in [-0.4, -0.2) is 0 Å². The first kappa shape index (κ1) is 9.47. The second kappa shape index (κ2) is 3.22. The molecule has 0 amide bonds. The molecule has 17 heavy (non-hydrogen) atoms. The molecule has 0 heterocycles. The predicted molar refractivity (Wildman–Crippen MR) is 71.4 cm³/mol. The van der Waals surface area contributed by atoms with Crippen molar-refractivity contribution in [3.8, 4) is 11.1 Å². The SMILES string of the molecule is Cc1cccc2c1-c1ccc3c(c1C2)CCC3. The number of rotatable bonds is 0. The summed E-state index contributed by atoms with van der Waals surface area (Å²) in [6.45, 7) is 2.24. The molecule has 0 nitrogen and oxygen atoms in total. The van der Waals surface area contributed by atoms with Gasteiger partial charge in [-0.1, -0.05) is 30.3 Å². The fraction of sp³-hybridized carbons (Fsp3) is 0.294. The van der Waals surface area contributed by atoms with E-state index in [-0.39, 0.29) is 0 Å². The van der Waals surface area contributed by atoms with Crippen LogP contribution in [0.4, 0.5) is 0 Å². The molecule has 0 N–H and O–H groups in total. The van der Waals surface area contributed by atoms with Gasteiger partial charge in [-0.05, 0) is 71.6 Å². The molecular formula is C17H16. The molecule has 0 heteroatoms. The van der Waals surface area contributed by atoms with Gasteiger partial charge in [0.05, 0.1) is 0 Å². The molecule has 0 unspecified atom stereocenters. The molecule has 2 aromatic carbocycles. The van der Waals surface area contributed by atoms with E-state index in [0.717, 1.165) is 6.42 Å². The van der Waals surface area contributed by atoms with E-state index in [0.29, 0.717) is 0 Å². The van der Waals surface area contributed by atoms with Crippen LogP contribution in [0, 0.1) is 6.92 Å². The largest absolute Gasteiger partial charge is 0.0617 e. The third-order valence-electron chi connectivity index (χ3n) is 4.40. The Hall–Kier alpha value is -1.56. The summed E-state index contributed by atoms with van der Waals surface area (Å²) in [5, 5.41) is 0. The van der Waals surface area contributed by atoms with Crippen LogP contribution in [0.5, 0.6) is 0 Å². The lowest BCUT2D eigenvalue weighted by molar-refractivity contribution is 0.908. The van der Waals surface area contributed by atoms with Crippen LogP contribution in [-0.2, 0) is 19.3 Å². The Morgan fingerprint density at radius 1 is 0.882 bits per heavy atom. The molecular weight excluding hydrogens is 204 g/mol. The molecule has 0 aliphatic heterocycles. The van der Waals surface area contributed by atoms with Gasteiger partial charge >= 0.3 is 0 Å². The lowest BCUT2D eigenvalue weighted by atomic mass is 9.96. The van der Waals surface area contributed by atoms with E-state index in [1.54, 1.807) is 16.7 Å². The zero-order chi connectivity index (χ0) is 11.4. The fourth-order valence-electron chi connectivity index (χ4n) is 3.63. The summed E-state index contributed by atoms with van der Waals surface area (Å²) < 4.78 is 0. The van der Waals surface area contributed by atoms with Gasteiger partial charge in [-0.3, -0.25) is 0 Å². The van der Waals surface area contributed by atoms with Crippen molar-refractivity contribution in [2.75, 3.05) is 0 Å². The van der Waals surface area contributed by atoms with Crippen molar-refractivity contribution >= 4 is 0 Å².